The monoisotopic (exact) mass is 409 g/mol. The minimum Gasteiger partial charge on any atom is -0.307 e. The molecule has 3 aromatic heterocycles. The van der Waals surface area contributed by atoms with Crippen molar-refractivity contribution in [2.45, 2.75) is 34.1 Å². The molecule has 0 bridgehead atoms. The van der Waals surface area contributed by atoms with Crippen LogP contribution in [-0.4, -0.2) is 4.40 Å². The molecule has 0 radical (unpaired) electrons. The number of aryl methyl sites for hydroxylation is 2. The van der Waals surface area contributed by atoms with Crippen LogP contribution in [-0.2, 0) is 13.5 Å². The van der Waals surface area contributed by atoms with Gasteiger partial charge >= 0.3 is 0 Å². The van der Waals surface area contributed by atoms with Gasteiger partial charge in [0, 0.05) is 16.8 Å². The van der Waals surface area contributed by atoms with E-state index in [0.29, 0.717) is 0 Å². The van der Waals surface area contributed by atoms with Crippen molar-refractivity contribution in [3.8, 4) is 0 Å². The molecule has 0 N–H and O–H groups in total. The zero-order chi connectivity index (χ0) is 21.7. The Labute approximate surface area is 180 Å². The Kier molecular flexibility index (Phi) is 3.56. The third-order valence-electron chi connectivity index (χ3n) is 6.63. The van der Waals surface area contributed by atoms with E-state index in [-0.39, 0.29) is 11.2 Å². The van der Waals surface area contributed by atoms with Gasteiger partial charge in [-0.05, 0) is 53.5 Å². The van der Waals surface area contributed by atoms with E-state index in [1.54, 1.807) is 12.1 Å². The van der Waals surface area contributed by atoms with Gasteiger partial charge in [0.1, 0.15) is 12.9 Å². The fourth-order valence-corrected chi connectivity index (χ4v) is 5.52. The van der Waals surface area contributed by atoms with Crippen LogP contribution in [0.2, 0.25) is 0 Å². The van der Waals surface area contributed by atoms with E-state index >= 15 is 0 Å². The quantitative estimate of drug-likeness (QED) is 0.159. The number of hydrogen-bond donors (Lipinski definition) is 0. The minimum absolute atomic E-state index is 0.179. The van der Waals surface area contributed by atoms with E-state index in [2.05, 4.69) is 74.0 Å². The lowest BCUT2D eigenvalue weighted by Crippen LogP contribution is -2.28. The first-order valence-corrected chi connectivity index (χ1v) is 10.9. The predicted molar refractivity (Wildman–Crippen MR) is 128 cm³/mol. The molecule has 0 atom stereocenters. The van der Waals surface area contributed by atoms with Gasteiger partial charge in [-0.15, -0.1) is 0 Å². The van der Waals surface area contributed by atoms with E-state index in [9.17, 15) is 4.39 Å². The molecule has 31 heavy (non-hydrogen) atoms. The van der Waals surface area contributed by atoms with Gasteiger partial charge in [-0.1, -0.05) is 45.0 Å². The van der Waals surface area contributed by atoms with E-state index in [0.717, 1.165) is 28.2 Å². The number of aromatic nitrogens is 2. The van der Waals surface area contributed by atoms with Crippen LogP contribution in [0, 0.1) is 18.2 Å². The smallest absolute Gasteiger partial charge is 0.224 e. The number of hydrogen-bond acceptors (Lipinski definition) is 0. The summed E-state index contributed by atoms with van der Waals surface area (Å²) >= 11 is 0. The van der Waals surface area contributed by atoms with E-state index in [4.69, 9.17) is 0 Å². The van der Waals surface area contributed by atoms with Gasteiger partial charge in [0.25, 0.3) is 0 Å². The third kappa shape index (κ3) is 2.46. The van der Waals surface area contributed by atoms with Crippen LogP contribution in [0.4, 0.5) is 4.39 Å². The summed E-state index contributed by atoms with van der Waals surface area (Å²) in [6, 6.07) is 16.4. The standard InChI is InChI=1S/C28H26FN2/c1-16-9-10-20-24-18(15-28(2,3)4)7-6-8-21(24)31-22-14-19(29)13-17-11-12-30(5)27(25(17)22)23(16)26(20)31/h6-14H,15H2,1-5H3/q+1. The number of benzene rings is 3. The summed E-state index contributed by atoms with van der Waals surface area (Å²) in [7, 11) is 2.09. The lowest BCUT2D eigenvalue weighted by atomic mass is 9.86. The molecule has 0 aliphatic rings. The lowest BCUT2D eigenvalue weighted by Gasteiger charge is -2.19. The van der Waals surface area contributed by atoms with Gasteiger partial charge in [-0.25, -0.2) is 8.96 Å². The van der Waals surface area contributed by atoms with Gasteiger partial charge in [-0.3, -0.25) is 0 Å². The molecular formula is C28H26FN2+. The highest BCUT2D eigenvalue weighted by molar-refractivity contribution is 6.26. The maximum atomic E-state index is 14.8. The zero-order valence-electron chi connectivity index (χ0n) is 18.7. The van der Waals surface area contributed by atoms with Gasteiger partial charge in [0.2, 0.25) is 5.52 Å². The fourth-order valence-electron chi connectivity index (χ4n) is 5.52. The molecule has 0 unspecified atom stereocenters. The van der Waals surface area contributed by atoms with Crippen LogP contribution in [0.25, 0.3) is 49.0 Å². The Balaban J connectivity index is 2.00. The Morgan fingerprint density at radius 3 is 2.52 bits per heavy atom. The summed E-state index contributed by atoms with van der Waals surface area (Å²) in [6.45, 7) is 9.03. The molecule has 0 saturated heterocycles. The average molecular weight is 410 g/mol. The molecule has 3 heteroatoms. The maximum absolute atomic E-state index is 14.8. The van der Waals surface area contributed by atoms with E-state index in [1.165, 1.54) is 38.3 Å². The van der Waals surface area contributed by atoms with Crippen LogP contribution >= 0.6 is 0 Å². The van der Waals surface area contributed by atoms with Crippen molar-refractivity contribution in [3.63, 3.8) is 0 Å². The second-order valence-corrected chi connectivity index (χ2v) is 10.2. The SMILES string of the molecule is Cc1ccc2c3c(CC(C)(C)C)cccc3n3c4cc(F)cc5cc[n+](C)c(c1c23)c54. The molecule has 6 aromatic rings. The molecule has 0 amide bonds. The van der Waals surface area contributed by atoms with Gasteiger partial charge in [-0.2, -0.15) is 0 Å². The molecule has 154 valence electrons. The molecule has 2 nitrogen and oxygen atoms in total. The van der Waals surface area contributed by atoms with Crippen molar-refractivity contribution >= 4 is 49.0 Å². The highest BCUT2D eigenvalue weighted by Gasteiger charge is 2.25. The van der Waals surface area contributed by atoms with Crippen LogP contribution in [0.1, 0.15) is 31.9 Å². The molecule has 0 spiro atoms. The molecule has 0 saturated carbocycles. The summed E-state index contributed by atoms with van der Waals surface area (Å²) in [5, 5.41) is 5.86. The number of halogens is 1. The minimum atomic E-state index is -0.195. The zero-order valence-corrected chi connectivity index (χ0v) is 18.7. The molecule has 3 heterocycles. The maximum Gasteiger partial charge on any atom is 0.224 e. The average Bonchev–Trinajstić information content (AvgIpc) is 3.03. The highest BCUT2D eigenvalue weighted by Crippen LogP contribution is 2.42. The van der Waals surface area contributed by atoms with Crippen LogP contribution in [0.15, 0.2) is 54.7 Å². The predicted octanol–water partition coefficient (Wildman–Crippen LogP) is 6.85. The van der Waals surface area contributed by atoms with Crippen LogP contribution in [0.5, 0.6) is 0 Å². The van der Waals surface area contributed by atoms with E-state index < -0.39 is 0 Å². The normalized spacial score (nSPS) is 13.0. The fraction of sp³-hybridized carbons (Fsp3) is 0.250. The highest BCUT2D eigenvalue weighted by atomic mass is 19.1. The van der Waals surface area contributed by atoms with Crippen molar-refractivity contribution in [2.24, 2.45) is 12.5 Å². The van der Waals surface area contributed by atoms with Crippen LogP contribution in [0.3, 0.4) is 0 Å². The first kappa shape index (κ1) is 18.6. The molecule has 6 rings (SSSR count). The Bertz CT molecular complexity index is 1660. The summed E-state index contributed by atoms with van der Waals surface area (Å²) in [5.41, 5.74) is 7.23. The number of rotatable bonds is 1. The Morgan fingerprint density at radius 2 is 1.74 bits per heavy atom. The summed E-state index contributed by atoms with van der Waals surface area (Å²) in [5.74, 6) is -0.195. The second-order valence-electron chi connectivity index (χ2n) is 10.2. The molecular weight excluding hydrogens is 383 g/mol. The van der Waals surface area contributed by atoms with Gasteiger partial charge < -0.3 is 4.40 Å². The van der Waals surface area contributed by atoms with Crippen molar-refractivity contribution in [3.05, 3.63) is 71.7 Å². The number of fused-ring (bicyclic) bond motifs is 5. The topological polar surface area (TPSA) is 8.29 Å². The van der Waals surface area contributed by atoms with Crippen molar-refractivity contribution in [2.75, 3.05) is 0 Å². The van der Waals surface area contributed by atoms with Crippen molar-refractivity contribution < 1.29 is 8.96 Å². The second kappa shape index (κ2) is 5.94. The third-order valence-corrected chi connectivity index (χ3v) is 6.63. The van der Waals surface area contributed by atoms with Gasteiger partial charge in [0.15, 0.2) is 6.20 Å². The van der Waals surface area contributed by atoms with Crippen molar-refractivity contribution in [1.29, 1.82) is 0 Å². The van der Waals surface area contributed by atoms with Gasteiger partial charge in [0.05, 0.1) is 27.3 Å². The van der Waals surface area contributed by atoms with Crippen LogP contribution < -0.4 is 4.57 Å². The number of nitrogens with zero attached hydrogens (tertiary/aromatic N) is 2. The number of pyridine rings is 2. The molecule has 3 aromatic carbocycles. The molecule has 0 aliphatic heterocycles. The lowest BCUT2D eigenvalue weighted by molar-refractivity contribution is -0.643. The first-order chi connectivity index (χ1) is 14.7. The van der Waals surface area contributed by atoms with Crippen molar-refractivity contribution in [1.82, 2.24) is 4.40 Å². The van der Waals surface area contributed by atoms with E-state index in [1.807, 2.05) is 12.3 Å². The summed E-state index contributed by atoms with van der Waals surface area (Å²) < 4.78 is 19.3. The summed E-state index contributed by atoms with van der Waals surface area (Å²) in [4.78, 5) is 0. The summed E-state index contributed by atoms with van der Waals surface area (Å²) in [6.07, 6.45) is 3.04. The molecule has 0 fully saturated rings. The first-order valence-electron chi connectivity index (χ1n) is 10.9. The largest absolute Gasteiger partial charge is 0.307 e. The Hall–Kier alpha value is -3.20. The Morgan fingerprint density at radius 1 is 0.935 bits per heavy atom. The molecule has 0 aliphatic carbocycles.